The van der Waals surface area contributed by atoms with Gasteiger partial charge in [-0.3, -0.25) is 9.69 Å². The number of carbonyl (C=O) groups excluding carboxylic acids is 1. The molecule has 29 heavy (non-hydrogen) atoms. The zero-order valence-corrected chi connectivity index (χ0v) is 17.0. The number of nitrogens with one attached hydrogen (secondary N) is 1. The minimum Gasteiger partial charge on any atom is -0.493 e. The summed E-state index contributed by atoms with van der Waals surface area (Å²) in [4.78, 5) is 16.3. The van der Waals surface area contributed by atoms with Crippen molar-refractivity contribution >= 4 is 17.2 Å². The molecular formula is C21H24F2N2O3S. The van der Waals surface area contributed by atoms with E-state index in [0.29, 0.717) is 25.0 Å². The number of nitrogens with zero attached hydrogens (tertiary/aromatic N) is 1. The molecule has 0 bridgehead atoms. The van der Waals surface area contributed by atoms with Gasteiger partial charge in [0.1, 0.15) is 0 Å². The number of hydrogen-bond acceptors (Lipinski definition) is 5. The molecule has 1 fully saturated rings. The first kappa shape index (κ1) is 20.1. The summed E-state index contributed by atoms with van der Waals surface area (Å²) >= 11 is 1.81. The van der Waals surface area contributed by atoms with Crippen LogP contribution in [0.4, 0.5) is 8.78 Å². The first-order valence-electron chi connectivity index (χ1n) is 9.74. The van der Waals surface area contributed by atoms with Crippen molar-refractivity contribution in [1.82, 2.24) is 10.2 Å². The Balaban J connectivity index is 1.35. The lowest BCUT2D eigenvalue weighted by Gasteiger charge is -2.35. The second kappa shape index (κ2) is 8.67. The molecule has 0 saturated heterocycles. The van der Waals surface area contributed by atoms with Crippen LogP contribution in [0.5, 0.6) is 11.5 Å². The van der Waals surface area contributed by atoms with E-state index in [1.807, 2.05) is 11.3 Å². The van der Waals surface area contributed by atoms with Gasteiger partial charge in [-0.05, 0) is 59.9 Å². The van der Waals surface area contributed by atoms with Gasteiger partial charge >= 0.3 is 6.61 Å². The Hall–Kier alpha value is -2.19. The maximum atomic E-state index is 12.6. The summed E-state index contributed by atoms with van der Waals surface area (Å²) in [5.41, 5.74) is 2.16. The number of fused-ring (bicyclic) bond motifs is 1. The lowest BCUT2D eigenvalue weighted by atomic mass is 9.96. The van der Waals surface area contributed by atoms with Crippen LogP contribution in [0.15, 0.2) is 29.6 Å². The third kappa shape index (κ3) is 4.70. The third-order valence-corrected chi connectivity index (χ3v) is 6.46. The summed E-state index contributed by atoms with van der Waals surface area (Å²) in [6.45, 7) is -1.35. The van der Waals surface area contributed by atoms with Gasteiger partial charge in [0.25, 0.3) is 0 Å². The first-order valence-corrected chi connectivity index (χ1v) is 10.6. The first-order chi connectivity index (χ1) is 14.0. The van der Waals surface area contributed by atoms with Crippen LogP contribution in [-0.4, -0.2) is 37.6 Å². The van der Waals surface area contributed by atoms with Crippen molar-refractivity contribution in [2.75, 3.05) is 20.2 Å². The van der Waals surface area contributed by atoms with Crippen LogP contribution >= 0.6 is 11.3 Å². The molecule has 0 spiro atoms. The summed E-state index contributed by atoms with van der Waals surface area (Å²) in [5.74, 6) is 0.806. The predicted molar refractivity (Wildman–Crippen MR) is 107 cm³/mol. The van der Waals surface area contributed by atoms with Crippen LogP contribution in [0.25, 0.3) is 0 Å². The molecule has 1 amide bonds. The van der Waals surface area contributed by atoms with Gasteiger partial charge in [0.2, 0.25) is 5.91 Å². The second-order valence-electron chi connectivity index (χ2n) is 7.44. The number of hydrogen-bond donors (Lipinski definition) is 1. The highest BCUT2D eigenvalue weighted by molar-refractivity contribution is 7.10. The third-order valence-electron chi connectivity index (χ3n) is 5.47. The predicted octanol–water partition coefficient (Wildman–Crippen LogP) is 3.98. The summed E-state index contributed by atoms with van der Waals surface area (Å²) < 4.78 is 34.4. The van der Waals surface area contributed by atoms with Crippen LogP contribution in [0.2, 0.25) is 0 Å². The molecule has 1 aromatic carbocycles. The van der Waals surface area contributed by atoms with E-state index in [2.05, 4.69) is 26.4 Å². The minimum absolute atomic E-state index is 0.0234. The molecule has 0 radical (unpaired) electrons. The van der Waals surface area contributed by atoms with Gasteiger partial charge in [-0.2, -0.15) is 8.78 Å². The molecule has 2 aliphatic rings. The Morgan fingerprint density at radius 1 is 1.31 bits per heavy atom. The van der Waals surface area contributed by atoms with E-state index < -0.39 is 6.61 Å². The fraction of sp³-hybridized carbons (Fsp3) is 0.476. The molecule has 2 aromatic rings. The fourth-order valence-corrected chi connectivity index (χ4v) is 4.91. The highest BCUT2D eigenvalue weighted by Gasteiger charge is 2.40. The van der Waals surface area contributed by atoms with Crippen LogP contribution in [0.1, 0.15) is 34.9 Å². The molecule has 5 nitrogen and oxygen atoms in total. The Morgan fingerprint density at radius 3 is 2.86 bits per heavy atom. The smallest absolute Gasteiger partial charge is 0.387 e. The molecule has 1 aromatic heterocycles. The van der Waals surface area contributed by atoms with Crippen LogP contribution in [-0.2, 0) is 17.8 Å². The van der Waals surface area contributed by atoms with Crippen molar-refractivity contribution in [2.24, 2.45) is 5.92 Å². The Labute approximate surface area is 172 Å². The van der Waals surface area contributed by atoms with E-state index in [-0.39, 0.29) is 17.4 Å². The van der Waals surface area contributed by atoms with Gasteiger partial charge in [0.05, 0.1) is 13.7 Å². The SMILES string of the molecule is COc1cc(CNC(=O)CN2CCc3sccc3[C@@H]2C2CC2)ccc1OC(F)F. The molecule has 1 atom stereocenters. The molecule has 4 rings (SSSR count). The van der Waals surface area contributed by atoms with Gasteiger partial charge in [-0.25, -0.2) is 0 Å². The minimum atomic E-state index is -2.91. The average Bonchev–Trinajstić information content (AvgIpc) is 3.42. The number of thiophene rings is 1. The number of ether oxygens (including phenoxy) is 2. The fourth-order valence-electron chi connectivity index (χ4n) is 4.00. The standard InChI is InChI=1S/C21H24F2N2O3S/c1-27-17-10-13(2-5-16(17)28-21(22)23)11-24-19(26)12-25-8-6-18-15(7-9-29-18)20(25)14-3-4-14/h2,5,7,9-10,14,20-21H,3-4,6,8,11-12H2,1H3,(H,24,26)/t20-/m0/s1. The zero-order valence-electron chi connectivity index (χ0n) is 16.2. The van der Waals surface area contributed by atoms with Gasteiger partial charge in [-0.15, -0.1) is 11.3 Å². The molecule has 1 aliphatic carbocycles. The summed E-state index contributed by atoms with van der Waals surface area (Å²) in [5, 5.41) is 5.08. The summed E-state index contributed by atoms with van der Waals surface area (Å²) in [6.07, 6.45) is 3.45. The van der Waals surface area contributed by atoms with Crippen molar-refractivity contribution in [1.29, 1.82) is 0 Å². The normalized spacial score (nSPS) is 19.1. The number of halogens is 2. The molecule has 156 valence electrons. The quantitative estimate of drug-likeness (QED) is 0.699. The van der Waals surface area contributed by atoms with E-state index in [1.165, 1.54) is 36.5 Å². The number of amides is 1. The maximum Gasteiger partial charge on any atom is 0.387 e. The van der Waals surface area contributed by atoms with Crippen molar-refractivity contribution < 1.29 is 23.0 Å². The van der Waals surface area contributed by atoms with Crippen LogP contribution < -0.4 is 14.8 Å². The van der Waals surface area contributed by atoms with Crippen LogP contribution in [0.3, 0.4) is 0 Å². The molecule has 2 heterocycles. The molecule has 0 unspecified atom stereocenters. The lowest BCUT2D eigenvalue weighted by Crippen LogP contribution is -2.42. The average molecular weight is 422 g/mol. The maximum absolute atomic E-state index is 12.6. The van der Waals surface area contributed by atoms with E-state index >= 15 is 0 Å². The zero-order chi connectivity index (χ0) is 20.4. The number of benzene rings is 1. The second-order valence-corrected chi connectivity index (χ2v) is 8.44. The van der Waals surface area contributed by atoms with Crippen molar-refractivity contribution in [3.8, 4) is 11.5 Å². The number of alkyl halides is 2. The van der Waals surface area contributed by atoms with E-state index in [1.54, 1.807) is 12.1 Å². The number of rotatable bonds is 8. The largest absolute Gasteiger partial charge is 0.493 e. The van der Waals surface area contributed by atoms with Crippen molar-refractivity contribution in [3.63, 3.8) is 0 Å². The van der Waals surface area contributed by atoms with Crippen molar-refractivity contribution in [3.05, 3.63) is 45.6 Å². The monoisotopic (exact) mass is 422 g/mol. The highest BCUT2D eigenvalue weighted by atomic mass is 32.1. The topological polar surface area (TPSA) is 50.8 Å². The molecule has 8 heteroatoms. The Morgan fingerprint density at radius 2 is 2.14 bits per heavy atom. The van der Waals surface area contributed by atoms with Gasteiger partial charge in [0.15, 0.2) is 11.5 Å². The van der Waals surface area contributed by atoms with Gasteiger partial charge in [0, 0.05) is 24.0 Å². The lowest BCUT2D eigenvalue weighted by molar-refractivity contribution is -0.123. The van der Waals surface area contributed by atoms with Gasteiger partial charge in [-0.1, -0.05) is 6.07 Å². The van der Waals surface area contributed by atoms with Gasteiger partial charge < -0.3 is 14.8 Å². The van der Waals surface area contributed by atoms with Crippen molar-refractivity contribution in [2.45, 2.75) is 38.5 Å². The van der Waals surface area contributed by atoms with E-state index in [4.69, 9.17) is 4.74 Å². The summed E-state index contributed by atoms with van der Waals surface area (Å²) in [7, 11) is 1.39. The van der Waals surface area contributed by atoms with Crippen LogP contribution in [0, 0.1) is 5.92 Å². The molecule has 1 N–H and O–H groups in total. The number of carbonyl (C=O) groups is 1. The highest BCUT2D eigenvalue weighted by Crippen LogP contribution is 2.48. The molecule has 1 aliphatic heterocycles. The summed E-state index contributed by atoms with van der Waals surface area (Å²) in [6, 6.07) is 7.23. The van der Waals surface area contributed by atoms with E-state index in [9.17, 15) is 13.6 Å². The molecular weight excluding hydrogens is 398 g/mol. The molecule has 1 saturated carbocycles. The Kier molecular flexibility index (Phi) is 6.01. The Bertz CT molecular complexity index is 869. The number of methoxy groups -OCH3 is 1. The van der Waals surface area contributed by atoms with E-state index in [0.717, 1.165) is 18.5 Å².